The molecule has 5 heteroatoms. The van der Waals surface area contributed by atoms with Gasteiger partial charge < -0.3 is 5.11 Å². The van der Waals surface area contributed by atoms with Gasteiger partial charge in [-0.15, -0.1) is 0 Å². The molecule has 16 heavy (non-hydrogen) atoms. The summed E-state index contributed by atoms with van der Waals surface area (Å²) in [6.45, 7) is 0. The maximum Gasteiger partial charge on any atom is 0.307 e. The number of nitrogens with zero attached hydrogens (tertiary/aromatic N) is 2. The Morgan fingerprint density at radius 2 is 2.00 bits per heavy atom. The number of carbonyl (C=O) groups is 1. The quantitative estimate of drug-likeness (QED) is 0.889. The summed E-state index contributed by atoms with van der Waals surface area (Å²) in [4.78, 5) is 10.5. The Hall–Kier alpha value is -1.81. The van der Waals surface area contributed by atoms with Gasteiger partial charge in [-0.1, -0.05) is 23.7 Å². The van der Waals surface area contributed by atoms with Crippen molar-refractivity contribution in [3.63, 3.8) is 0 Å². The molecule has 0 bridgehead atoms. The number of hydrogen-bond donors (Lipinski definition) is 1. The largest absolute Gasteiger partial charge is 0.481 e. The van der Waals surface area contributed by atoms with Gasteiger partial charge in [-0.05, 0) is 23.8 Å². The first kappa shape index (κ1) is 10.7. The van der Waals surface area contributed by atoms with Crippen LogP contribution in [0.3, 0.4) is 0 Å². The second kappa shape index (κ2) is 4.37. The summed E-state index contributed by atoms with van der Waals surface area (Å²) < 4.78 is 1.58. The summed E-state index contributed by atoms with van der Waals surface area (Å²) >= 11 is 5.90. The first-order valence-corrected chi connectivity index (χ1v) is 5.05. The normalized spacial score (nSPS) is 10.3. The topological polar surface area (TPSA) is 55.1 Å². The molecule has 1 aromatic carbocycles. The average Bonchev–Trinajstić information content (AvgIpc) is 2.65. The van der Waals surface area contributed by atoms with E-state index in [0.717, 1.165) is 11.3 Å². The maximum absolute atomic E-state index is 10.5. The average molecular weight is 237 g/mol. The highest BCUT2D eigenvalue weighted by atomic mass is 35.5. The lowest BCUT2D eigenvalue weighted by atomic mass is 10.1. The van der Waals surface area contributed by atoms with Crippen LogP contribution < -0.4 is 0 Å². The van der Waals surface area contributed by atoms with Crippen LogP contribution >= 0.6 is 11.6 Å². The molecule has 0 aliphatic carbocycles. The Kier molecular flexibility index (Phi) is 2.92. The maximum atomic E-state index is 10.5. The molecule has 2 aromatic rings. The van der Waals surface area contributed by atoms with Crippen molar-refractivity contribution in [2.24, 2.45) is 0 Å². The summed E-state index contributed by atoms with van der Waals surface area (Å²) in [5, 5.41) is 13.2. The molecule has 2 rings (SSSR count). The van der Waals surface area contributed by atoms with E-state index in [2.05, 4.69) is 5.10 Å². The van der Waals surface area contributed by atoms with E-state index in [1.165, 1.54) is 0 Å². The molecule has 0 spiro atoms. The summed E-state index contributed by atoms with van der Waals surface area (Å²) in [6.07, 6.45) is 1.63. The number of hydrogen-bond acceptors (Lipinski definition) is 2. The minimum absolute atomic E-state index is 0.0210. The van der Waals surface area contributed by atoms with Gasteiger partial charge >= 0.3 is 5.97 Å². The van der Waals surface area contributed by atoms with Crippen molar-refractivity contribution < 1.29 is 9.90 Å². The summed E-state index contributed by atoms with van der Waals surface area (Å²) in [5.74, 6) is -0.843. The van der Waals surface area contributed by atoms with E-state index in [1.54, 1.807) is 41.2 Å². The molecule has 0 saturated heterocycles. The van der Waals surface area contributed by atoms with E-state index >= 15 is 0 Å². The lowest BCUT2D eigenvalue weighted by molar-refractivity contribution is -0.136. The van der Waals surface area contributed by atoms with Gasteiger partial charge in [0.05, 0.1) is 18.3 Å². The van der Waals surface area contributed by atoms with Crippen molar-refractivity contribution in [3.8, 4) is 5.69 Å². The smallest absolute Gasteiger partial charge is 0.307 e. The Labute approximate surface area is 97.1 Å². The monoisotopic (exact) mass is 236 g/mol. The molecule has 4 nitrogen and oxygen atoms in total. The van der Waals surface area contributed by atoms with Crippen LogP contribution in [0.25, 0.3) is 5.69 Å². The van der Waals surface area contributed by atoms with E-state index < -0.39 is 5.97 Å². The molecule has 1 aromatic heterocycles. The third-order valence-electron chi connectivity index (χ3n) is 2.13. The molecule has 0 aliphatic heterocycles. The SMILES string of the molecule is O=C(O)Cc1ccc(-n2nccc2Cl)cc1. The molecule has 1 heterocycles. The minimum Gasteiger partial charge on any atom is -0.481 e. The Bertz CT molecular complexity index is 505. The van der Waals surface area contributed by atoms with Crippen LogP contribution in [0.15, 0.2) is 36.5 Å². The third-order valence-corrected chi connectivity index (χ3v) is 2.42. The molecule has 0 atom stereocenters. The Morgan fingerprint density at radius 3 is 2.50 bits per heavy atom. The van der Waals surface area contributed by atoms with Gasteiger partial charge in [0, 0.05) is 0 Å². The van der Waals surface area contributed by atoms with Gasteiger partial charge in [-0.3, -0.25) is 4.79 Å². The number of benzene rings is 1. The number of carboxylic acid groups (broad SMARTS) is 1. The standard InChI is InChI=1S/C11H9ClN2O2/c12-10-5-6-13-14(10)9-3-1-8(2-4-9)7-11(15)16/h1-6H,7H2,(H,15,16). The number of rotatable bonds is 3. The highest BCUT2D eigenvalue weighted by Crippen LogP contribution is 2.15. The molecule has 0 radical (unpaired) electrons. The second-order valence-corrected chi connectivity index (χ2v) is 3.69. The summed E-state index contributed by atoms with van der Waals surface area (Å²) in [7, 11) is 0. The van der Waals surface area contributed by atoms with Crippen LogP contribution in [0.1, 0.15) is 5.56 Å². The summed E-state index contributed by atoms with van der Waals surface area (Å²) in [5.41, 5.74) is 1.56. The zero-order chi connectivity index (χ0) is 11.5. The summed E-state index contributed by atoms with van der Waals surface area (Å²) in [6, 6.07) is 8.77. The van der Waals surface area contributed by atoms with Gasteiger partial charge in [-0.2, -0.15) is 5.10 Å². The van der Waals surface area contributed by atoms with Crippen molar-refractivity contribution in [3.05, 3.63) is 47.2 Å². The molecule has 0 aliphatic rings. The van der Waals surface area contributed by atoms with Crippen LogP contribution in [0, 0.1) is 0 Å². The van der Waals surface area contributed by atoms with Crippen molar-refractivity contribution in [1.82, 2.24) is 9.78 Å². The number of aliphatic carboxylic acids is 1. The van der Waals surface area contributed by atoms with E-state index in [4.69, 9.17) is 16.7 Å². The fourth-order valence-corrected chi connectivity index (χ4v) is 1.60. The number of halogens is 1. The predicted molar refractivity (Wildman–Crippen MR) is 59.9 cm³/mol. The molecule has 0 amide bonds. The van der Waals surface area contributed by atoms with Crippen LogP contribution in [-0.2, 0) is 11.2 Å². The first-order chi connectivity index (χ1) is 7.66. The third kappa shape index (κ3) is 2.23. The highest BCUT2D eigenvalue weighted by molar-refractivity contribution is 6.29. The zero-order valence-electron chi connectivity index (χ0n) is 8.30. The lowest BCUT2D eigenvalue weighted by Gasteiger charge is -2.03. The van der Waals surface area contributed by atoms with Crippen molar-refractivity contribution in [2.45, 2.75) is 6.42 Å². The molecular weight excluding hydrogens is 228 g/mol. The molecule has 82 valence electrons. The molecular formula is C11H9ClN2O2. The molecule has 1 N–H and O–H groups in total. The van der Waals surface area contributed by atoms with Crippen LogP contribution in [0.5, 0.6) is 0 Å². The Morgan fingerprint density at radius 1 is 1.31 bits per heavy atom. The second-order valence-electron chi connectivity index (χ2n) is 3.30. The van der Waals surface area contributed by atoms with Crippen LogP contribution in [-0.4, -0.2) is 20.9 Å². The number of carboxylic acids is 1. The molecule has 0 saturated carbocycles. The van der Waals surface area contributed by atoms with Gasteiger partial charge in [0.15, 0.2) is 0 Å². The van der Waals surface area contributed by atoms with E-state index in [-0.39, 0.29) is 6.42 Å². The van der Waals surface area contributed by atoms with Gasteiger partial charge in [0.1, 0.15) is 5.15 Å². The van der Waals surface area contributed by atoms with Crippen LogP contribution in [0.2, 0.25) is 5.15 Å². The number of aromatic nitrogens is 2. The van der Waals surface area contributed by atoms with Crippen molar-refractivity contribution in [1.29, 1.82) is 0 Å². The first-order valence-electron chi connectivity index (χ1n) is 4.67. The molecule has 0 fully saturated rings. The predicted octanol–water partition coefficient (Wildman–Crippen LogP) is 2.15. The van der Waals surface area contributed by atoms with Crippen LogP contribution in [0.4, 0.5) is 0 Å². The fraction of sp³-hybridized carbons (Fsp3) is 0.0909. The van der Waals surface area contributed by atoms with Gasteiger partial charge in [-0.25, -0.2) is 4.68 Å². The lowest BCUT2D eigenvalue weighted by Crippen LogP contribution is -2.01. The highest BCUT2D eigenvalue weighted by Gasteiger charge is 2.03. The zero-order valence-corrected chi connectivity index (χ0v) is 9.05. The van der Waals surface area contributed by atoms with E-state index in [9.17, 15) is 4.79 Å². The molecule has 0 unspecified atom stereocenters. The van der Waals surface area contributed by atoms with Gasteiger partial charge in [0.2, 0.25) is 0 Å². The van der Waals surface area contributed by atoms with E-state index in [0.29, 0.717) is 5.15 Å². The Balaban J connectivity index is 2.26. The van der Waals surface area contributed by atoms with Crippen molar-refractivity contribution in [2.75, 3.05) is 0 Å². The van der Waals surface area contributed by atoms with E-state index in [1.807, 2.05) is 0 Å². The van der Waals surface area contributed by atoms with Crippen molar-refractivity contribution >= 4 is 17.6 Å². The van der Waals surface area contributed by atoms with Gasteiger partial charge in [0.25, 0.3) is 0 Å². The fourth-order valence-electron chi connectivity index (χ4n) is 1.41. The minimum atomic E-state index is -0.843.